The number of fused-ring (bicyclic) bond motifs is 1. The molecule has 15 heteroatoms. The molecule has 5 amide bonds. The summed E-state index contributed by atoms with van der Waals surface area (Å²) in [5, 5.41) is 3.39. The summed E-state index contributed by atoms with van der Waals surface area (Å²) in [5.41, 5.74) is 0.348. The van der Waals surface area contributed by atoms with Crippen LogP contribution in [0.4, 0.5) is 9.59 Å². The van der Waals surface area contributed by atoms with E-state index in [1.54, 1.807) is 72.9 Å². The topological polar surface area (TPSA) is 174 Å². The molecule has 1 aliphatic heterocycles. The number of alkyl carbamates (subject to hydrolysis) is 1. The summed E-state index contributed by atoms with van der Waals surface area (Å²) >= 11 is 0. The zero-order valence-electron chi connectivity index (χ0n) is 34.3. The van der Waals surface area contributed by atoms with Gasteiger partial charge in [0.15, 0.2) is 0 Å². The lowest BCUT2D eigenvalue weighted by Crippen LogP contribution is -2.60. The van der Waals surface area contributed by atoms with Crippen molar-refractivity contribution in [1.29, 1.82) is 0 Å². The number of pyridine rings is 1. The van der Waals surface area contributed by atoms with Crippen molar-refractivity contribution in [3.05, 3.63) is 67.3 Å². The Morgan fingerprint density at radius 3 is 2.31 bits per heavy atom. The van der Waals surface area contributed by atoms with Gasteiger partial charge in [-0.25, -0.2) is 27.7 Å². The molecule has 0 radical (unpaired) electrons. The lowest BCUT2D eigenvalue weighted by Gasteiger charge is -2.36. The lowest BCUT2D eigenvalue weighted by atomic mass is 9.85. The van der Waals surface area contributed by atoms with Crippen molar-refractivity contribution < 1.29 is 41.8 Å². The summed E-state index contributed by atoms with van der Waals surface area (Å²) in [4.78, 5) is 63.9. The van der Waals surface area contributed by atoms with Crippen molar-refractivity contribution in [3.63, 3.8) is 0 Å². The Hall–Kier alpha value is -5.18. The van der Waals surface area contributed by atoms with Gasteiger partial charge in [0.05, 0.1) is 30.6 Å². The number of nitrogens with zero attached hydrogens (tertiary/aromatic N) is 3. The predicted molar refractivity (Wildman–Crippen MR) is 219 cm³/mol. The number of benzene rings is 2. The Balaban J connectivity index is 1.37. The zero-order chi connectivity index (χ0) is 42.2. The van der Waals surface area contributed by atoms with E-state index in [2.05, 4.69) is 16.6 Å². The highest BCUT2D eigenvalue weighted by molar-refractivity contribution is 7.90. The van der Waals surface area contributed by atoms with E-state index in [0.717, 1.165) is 29.7 Å². The molecule has 0 bridgehead atoms. The number of sulfonamides is 1. The second kappa shape index (κ2) is 16.6. The van der Waals surface area contributed by atoms with E-state index in [4.69, 9.17) is 19.2 Å². The number of urea groups is 1. The summed E-state index contributed by atoms with van der Waals surface area (Å²) < 4.78 is 46.2. The van der Waals surface area contributed by atoms with Crippen molar-refractivity contribution in [2.45, 2.75) is 103 Å². The molecule has 58 heavy (non-hydrogen) atoms. The number of ether oxygens (including phenoxy) is 3. The first-order chi connectivity index (χ1) is 27.3. The van der Waals surface area contributed by atoms with Crippen LogP contribution in [-0.2, 0) is 24.3 Å². The smallest absolute Gasteiger partial charge is 0.408 e. The second-order valence-corrected chi connectivity index (χ2v) is 19.3. The average Bonchev–Trinajstić information content (AvgIpc) is 3.78. The summed E-state index contributed by atoms with van der Waals surface area (Å²) in [6.07, 6.45) is 2.80. The minimum atomic E-state index is -4.07. The third-order valence-corrected chi connectivity index (χ3v) is 12.2. The fourth-order valence-electron chi connectivity index (χ4n) is 7.46. The van der Waals surface area contributed by atoms with Gasteiger partial charge in [0.1, 0.15) is 35.3 Å². The quantitative estimate of drug-likeness (QED) is 0.194. The summed E-state index contributed by atoms with van der Waals surface area (Å²) in [6.45, 7) is 14.2. The third-order valence-electron chi connectivity index (χ3n) is 10.8. The molecule has 3 aliphatic rings. The fraction of sp³-hybridized carbons (Fsp3) is 0.512. The maximum atomic E-state index is 14.9. The molecule has 5 atom stereocenters. The van der Waals surface area contributed by atoms with Gasteiger partial charge in [-0.05, 0) is 69.4 Å². The van der Waals surface area contributed by atoms with Gasteiger partial charge in [0.2, 0.25) is 15.9 Å². The molecule has 2 aliphatic carbocycles. The van der Waals surface area contributed by atoms with Crippen molar-refractivity contribution >= 4 is 44.9 Å². The van der Waals surface area contributed by atoms with Crippen molar-refractivity contribution in [1.82, 2.24) is 24.8 Å². The van der Waals surface area contributed by atoms with E-state index >= 15 is 0 Å². The number of imide groups is 1. The van der Waals surface area contributed by atoms with Gasteiger partial charge >= 0.3 is 12.1 Å². The second-order valence-electron chi connectivity index (χ2n) is 17.6. The molecule has 3 aromatic rings. The number of nitrogens with one attached hydrogen (secondary N) is 2. The lowest BCUT2D eigenvalue weighted by molar-refractivity contribution is -0.145. The number of hydrogen-bond acceptors (Lipinski definition) is 10. The highest BCUT2D eigenvalue weighted by Gasteiger charge is 2.53. The number of amides is 5. The van der Waals surface area contributed by atoms with Gasteiger partial charge in [0, 0.05) is 35.5 Å². The van der Waals surface area contributed by atoms with Gasteiger partial charge < -0.3 is 24.4 Å². The maximum Gasteiger partial charge on any atom is 0.408 e. The van der Waals surface area contributed by atoms with Crippen molar-refractivity contribution in [2.24, 2.45) is 17.3 Å². The molecule has 14 nitrogen and oxygen atoms in total. The third kappa shape index (κ3) is 9.91. The molecular formula is C43H55N5O9S. The van der Waals surface area contributed by atoms with E-state index < -0.39 is 69.2 Å². The highest BCUT2D eigenvalue weighted by Crippen LogP contribution is 2.40. The number of carbonyl (C=O) groups excluding carboxylic acids is 4. The van der Waals surface area contributed by atoms with Crippen LogP contribution in [0.3, 0.4) is 0 Å². The number of likely N-dealkylation sites (tertiary alicyclic amines) is 1. The molecule has 312 valence electrons. The van der Waals surface area contributed by atoms with Crippen LogP contribution in [0, 0.1) is 17.3 Å². The molecule has 6 rings (SSSR count). The van der Waals surface area contributed by atoms with Crippen LogP contribution < -0.4 is 19.5 Å². The van der Waals surface area contributed by atoms with E-state index in [0.29, 0.717) is 34.5 Å². The monoisotopic (exact) mass is 817 g/mol. The summed E-state index contributed by atoms with van der Waals surface area (Å²) in [5.74, 6) is -0.847. The number of carbonyl (C=O) groups is 4. The maximum absolute atomic E-state index is 14.9. The van der Waals surface area contributed by atoms with Gasteiger partial charge in [-0.1, -0.05) is 63.6 Å². The van der Waals surface area contributed by atoms with E-state index in [1.807, 2.05) is 36.4 Å². The van der Waals surface area contributed by atoms with E-state index in [9.17, 15) is 27.6 Å². The normalized spacial score (nSPS) is 21.3. The molecule has 2 saturated carbocycles. The molecule has 2 N–H and O–H groups in total. The Bertz CT molecular complexity index is 2160. The van der Waals surface area contributed by atoms with Gasteiger partial charge in [-0.15, -0.1) is 6.58 Å². The van der Waals surface area contributed by atoms with Crippen molar-refractivity contribution in [3.8, 4) is 22.8 Å². The van der Waals surface area contributed by atoms with Crippen LogP contribution in [0.2, 0.25) is 0 Å². The van der Waals surface area contributed by atoms with Crippen LogP contribution in [0.1, 0.15) is 73.6 Å². The van der Waals surface area contributed by atoms with Gasteiger partial charge in [0.25, 0.3) is 5.91 Å². The molecule has 3 fully saturated rings. The van der Waals surface area contributed by atoms with Crippen LogP contribution in [0.25, 0.3) is 22.2 Å². The van der Waals surface area contributed by atoms with Gasteiger partial charge in [-0.2, -0.15) is 0 Å². The number of methoxy groups -OCH3 is 1. The average molecular weight is 818 g/mol. The first-order valence-electron chi connectivity index (χ1n) is 19.8. The van der Waals surface area contributed by atoms with E-state index in [-0.39, 0.29) is 30.6 Å². The van der Waals surface area contributed by atoms with Gasteiger partial charge in [-0.3, -0.25) is 14.5 Å². The number of hydrogen-bond donors (Lipinski definition) is 2. The van der Waals surface area contributed by atoms with E-state index in [1.165, 1.54) is 4.90 Å². The SMILES string of the molecule is C=CC1CC1N(C(=O)NS(=O)(=O)CC1CCC1)C(=O)C1CC(Oc2cc(-c3ccccc3)nc3cc(OC)ccc23)CN1C(=O)C(NC(=O)OC(C)(C)C)C(C)(C)C. The predicted octanol–water partition coefficient (Wildman–Crippen LogP) is 6.44. The first-order valence-corrected chi connectivity index (χ1v) is 21.4. The first kappa shape index (κ1) is 42.4. The molecular weight excluding hydrogens is 763 g/mol. The van der Waals surface area contributed by atoms with Crippen molar-refractivity contribution in [2.75, 3.05) is 19.4 Å². The molecule has 1 aromatic heterocycles. The number of aromatic nitrogens is 1. The Morgan fingerprint density at radius 1 is 1.02 bits per heavy atom. The Morgan fingerprint density at radius 2 is 1.72 bits per heavy atom. The minimum absolute atomic E-state index is 0.0431. The van der Waals surface area contributed by atoms with Crippen LogP contribution in [0.15, 0.2) is 67.3 Å². The van der Waals surface area contributed by atoms with Crippen LogP contribution >= 0.6 is 0 Å². The Kier molecular flexibility index (Phi) is 12.1. The summed E-state index contributed by atoms with van der Waals surface area (Å²) in [6, 6.07) is 12.6. The zero-order valence-corrected chi connectivity index (χ0v) is 35.1. The number of rotatable bonds is 12. The molecule has 2 aromatic carbocycles. The largest absolute Gasteiger partial charge is 0.497 e. The van der Waals surface area contributed by atoms with Crippen LogP contribution in [-0.4, -0.2) is 96.4 Å². The summed E-state index contributed by atoms with van der Waals surface area (Å²) in [7, 11) is -2.50. The standard InChI is InChI=1S/C43H55N5O9S/c1-9-27-20-34(27)48(40(51)46-58(53,54)25-26-14-13-15-26)38(49)35-22-30(24-47(35)39(50)37(42(2,3)4)45-41(52)57-43(5,6)7)56-36-23-32(28-16-11-10-12-17-28)44-33-21-29(55-8)18-19-31(33)36/h9-12,16-19,21,23,26-27,30,34-35,37H,1,13-15,20,22,24-25H2,2-8H3,(H,45,52)(H,46,51). The molecule has 5 unspecified atom stereocenters. The van der Waals surface area contributed by atoms with Crippen LogP contribution in [0.5, 0.6) is 11.5 Å². The minimum Gasteiger partial charge on any atom is -0.497 e. The molecule has 1 saturated heterocycles. The molecule has 0 spiro atoms. The Labute approximate surface area is 340 Å². The molecule has 2 heterocycles. The highest BCUT2D eigenvalue weighted by atomic mass is 32.2. The fourth-order valence-corrected chi connectivity index (χ4v) is 8.86.